The summed E-state index contributed by atoms with van der Waals surface area (Å²) in [5, 5.41) is 0. The van der Waals surface area contributed by atoms with E-state index >= 15 is 0 Å². The monoisotopic (exact) mass is 463 g/mol. The van der Waals surface area contributed by atoms with Crippen molar-refractivity contribution in [3.8, 4) is 11.5 Å². The molecule has 1 amide bonds. The summed E-state index contributed by atoms with van der Waals surface area (Å²) in [4.78, 5) is 15.0. The molecule has 140 valence electrons. The molecule has 4 nitrogen and oxygen atoms in total. The van der Waals surface area contributed by atoms with Gasteiger partial charge in [0, 0.05) is 0 Å². The molecule has 0 unspecified atom stereocenters. The van der Waals surface area contributed by atoms with Gasteiger partial charge < -0.3 is 9.47 Å². The van der Waals surface area contributed by atoms with Gasteiger partial charge in [-0.05, 0) is 77.8 Å². The summed E-state index contributed by atoms with van der Waals surface area (Å²) in [6.45, 7) is 5.06. The minimum Gasteiger partial charge on any atom is -0.494 e. The van der Waals surface area contributed by atoms with Crippen LogP contribution in [-0.2, 0) is 4.79 Å². The van der Waals surface area contributed by atoms with Crippen LogP contribution in [0.15, 0.2) is 51.8 Å². The molecular weight excluding hydrogens is 446 g/mol. The van der Waals surface area contributed by atoms with Gasteiger partial charge in [0.05, 0.1) is 28.3 Å². The van der Waals surface area contributed by atoms with Gasteiger partial charge in [-0.25, -0.2) is 0 Å². The molecule has 1 fully saturated rings. The van der Waals surface area contributed by atoms with Crippen molar-refractivity contribution in [1.82, 2.24) is 0 Å². The lowest BCUT2D eigenvalue weighted by Gasteiger charge is -2.15. The Morgan fingerprint density at radius 1 is 1.11 bits per heavy atom. The molecule has 1 saturated heterocycles. The van der Waals surface area contributed by atoms with E-state index in [1.54, 1.807) is 4.90 Å². The summed E-state index contributed by atoms with van der Waals surface area (Å²) < 4.78 is 12.3. The number of hydrogen-bond donors (Lipinski definition) is 0. The number of nitrogens with zero attached hydrogens (tertiary/aromatic N) is 1. The first-order valence-corrected chi connectivity index (χ1v) is 10.5. The van der Waals surface area contributed by atoms with Crippen molar-refractivity contribution in [2.45, 2.75) is 13.8 Å². The molecule has 3 rings (SSSR count). The molecule has 0 spiro atoms. The van der Waals surface area contributed by atoms with Crippen LogP contribution in [0.3, 0.4) is 0 Å². The molecule has 0 aromatic heterocycles. The lowest BCUT2D eigenvalue weighted by atomic mass is 10.2. The summed E-state index contributed by atoms with van der Waals surface area (Å²) in [5.74, 6) is 1.41. The number of ether oxygens (including phenoxy) is 2. The SMILES string of the molecule is CCOc1ccc(N2C(=O)/C(=C/c3ccc(OCC)c(Br)c3)SC2=S)cc1. The van der Waals surface area contributed by atoms with E-state index in [1.807, 2.05) is 62.4 Å². The third-order valence-corrected chi connectivity index (χ3v) is 5.68. The number of hydrogen-bond acceptors (Lipinski definition) is 5. The van der Waals surface area contributed by atoms with E-state index in [-0.39, 0.29) is 5.91 Å². The maximum atomic E-state index is 12.9. The first-order chi connectivity index (χ1) is 13.0. The minimum atomic E-state index is -0.126. The Balaban J connectivity index is 1.83. The molecule has 2 aromatic rings. The quantitative estimate of drug-likeness (QED) is 0.408. The molecule has 1 heterocycles. The summed E-state index contributed by atoms with van der Waals surface area (Å²) in [5.41, 5.74) is 1.63. The second kappa shape index (κ2) is 8.91. The van der Waals surface area contributed by atoms with Crippen molar-refractivity contribution in [3.05, 3.63) is 57.4 Å². The van der Waals surface area contributed by atoms with Gasteiger partial charge in [0.25, 0.3) is 5.91 Å². The molecule has 1 aliphatic rings. The molecule has 0 N–H and O–H groups in total. The first-order valence-electron chi connectivity index (χ1n) is 8.46. The Morgan fingerprint density at radius 2 is 1.81 bits per heavy atom. The van der Waals surface area contributed by atoms with Gasteiger partial charge in [-0.1, -0.05) is 30.0 Å². The molecule has 0 bridgehead atoms. The number of carbonyl (C=O) groups excluding carboxylic acids is 1. The van der Waals surface area contributed by atoms with Crippen LogP contribution in [-0.4, -0.2) is 23.4 Å². The zero-order chi connectivity index (χ0) is 19.4. The molecule has 7 heteroatoms. The predicted molar refractivity (Wildman–Crippen MR) is 119 cm³/mol. The molecule has 0 atom stereocenters. The standard InChI is InChI=1S/C20H18BrNO3S2/c1-3-24-15-8-6-14(7-9-15)22-19(23)18(27-20(22)26)12-13-5-10-17(25-4-2)16(21)11-13/h5-12H,3-4H2,1-2H3/b18-12-. The Morgan fingerprint density at radius 3 is 2.44 bits per heavy atom. The maximum absolute atomic E-state index is 12.9. The normalized spacial score (nSPS) is 15.5. The Hall–Kier alpha value is -1.83. The average molecular weight is 464 g/mol. The van der Waals surface area contributed by atoms with Gasteiger partial charge >= 0.3 is 0 Å². The molecule has 1 aliphatic heterocycles. The summed E-state index contributed by atoms with van der Waals surface area (Å²) in [7, 11) is 0. The van der Waals surface area contributed by atoms with E-state index in [0.29, 0.717) is 22.4 Å². The van der Waals surface area contributed by atoms with Gasteiger partial charge in [-0.3, -0.25) is 9.69 Å². The molecule has 0 radical (unpaired) electrons. The number of anilines is 1. The fraction of sp³-hybridized carbons (Fsp3) is 0.200. The largest absolute Gasteiger partial charge is 0.494 e. The van der Waals surface area contributed by atoms with Gasteiger partial charge in [0.15, 0.2) is 4.32 Å². The minimum absolute atomic E-state index is 0.126. The highest BCUT2D eigenvalue weighted by Crippen LogP contribution is 2.37. The van der Waals surface area contributed by atoms with Crippen molar-refractivity contribution in [2.24, 2.45) is 0 Å². The fourth-order valence-electron chi connectivity index (χ4n) is 2.58. The zero-order valence-corrected chi connectivity index (χ0v) is 18.1. The van der Waals surface area contributed by atoms with Crippen LogP contribution in [0.2, 0.25) is 0 Å². The third-order valence-electron chi connectivity index (χ3n) is 3.75. The molecule has 27 heavy (non-hydrogen) atoms. The highest BCUT2D eigenvalue weighted by Gasteiger charge is 2.33. The second-order valence-electron chi connectivity index (χ2n) is 5.57. The van der Waals surface area contributed by atoms with E-state index in [9.17, 15) is 4.79 Å². The first kappa shape index (κ1) is 19.9. The van der Waals surface area contributed by atoms with Crippen molar-refractivity contribution >= 4 is 61.9 Å². The topological polar surface area (TPSA) is 38.8 Å². The Kier molecular flexibility index (Phi) is 6.57. The number of halogens is 1. The summed E-state index contributed by atoms with van der Waals surface area (Å²) in [6, 6.07) is 13.1. The summed E-state index contributed by atoms with van der Waals surface area (Å²) >= 11 is 10.2. The smallest absolute Gasteiger partial charge is 0.270 e. The van der Waals surface area contributed by atoms with Gasteiger partial charge in [-0.2, -0.15) is 0 Å². The van der Waals surface area contributed by atoms with E-state index in [2.05, 4.69) is 15.9 Å². The van der Waals surface area contributed by atoms with Crippen LogP contribution in [0.1, 0.15) is 19.4 Å². The number of amides is 1. The van der Waals surface area contributed by atoms with Gasteiger partial charge in [0.2, 0.25) is 0 Å². The maximum Gasteiger partial charge on any atom is 0.270 e. The molecule has 0 aliphatic carbocycles. The second-order valence-corrected chi connectivity index (χ2v) is 8.10. The van der Waals surface area contributed by atoms with Crippen molar-refractivity contribution in [3.63, 3.8) is 0 Å². The van der Waals surface area contributed by atoms with Crippen molar-refractivity contribution in [2.75, 3.05) is 18.1 Å². The third kappa shape index (κ3) is 4.54. The number of benzene rings is 2. The van der Waals surface area contributed by atoms with E-state index in [4.69, 9.17) is 21.7 Å². The highest BCUT2D eigenvalue weighted by atomic mass is 79.9. The Labute approximate surface area is 176 Å². The molecule has 2 aromatic carbocycles. The fourth-order valence-corrected chi connectivity index (χ4v) is 4.39. The lowest BCUT2D eigenvalue weighted by Crippen LogP contribution is -2.27. The van der Waals surface area contributed by atoms with E-state index in [1.165, 1.54) is 11.8 Å². The van der Waals surface area contributed by atoms with Crippen LogP contribution < -0.4 is 14.4 Å². The van der Waals surface area contributed by atoms with Crippen LogP contribution in [0, 0.1) is 0 Å². The lowest BCUT2D eigenvalue weighted by molar-refractivity contribution is -0.113. The highest BCUT2D eigenvalue weighted by molar-refractivity contribution is 9.10. The van der Waals surface area contributed by atoms with Crippen molar-refractivity contribution < 1.29 is 14.3 Å². The Bertz CT molecular complexity index is 897. The van der Waals surface area contributed by atoms with E-state index in [0.717, 1.165) is 27.2 Å². The van der Waals surface area contributed by atoms with Gasteiger partial charge in [0.1, 0.15) is 11.5 Å². The number of thioether (sulfide) groups is 1. The van der Waals surface area contributed by atoms with Crippen LogP contribution >= 0.6 is 39.9 Å². The average Bonchev–Trinajstić information content (AvgIpc) is 2.92. The predicted octanol–water partition coefficient (Wildman–Crippen LogP) is 5.65. The molecule has 0 saturated carbocycles. The van der Waals surface area contributed by atoms with Crippen LogP contribution in [0.25, 0.3) is 6.08 Å². The van der Waals surface area contributed by atoms with Gasteiger partial charge in [-0.15, -0.1) is 0 Å². The van der Waals surface area contributed by atoms with Crippen molar-refractivity contribution in [1.29, 1.82) is 0 Å². The number of carbonyl (C=O) groups is 1. The summed E-state index contributed by atoms with van der Waals surface area (Å²) in [6.07, 6.45) is 1.84. The molecular formula is C20H18BrNO3S2. The van der Waals surface area contributed by atoms with Crippen LogP contribution in [0.5, 0.6) is 11.5 Å². The van der Waals surface area contributed by atoms with Crippen LogP contribution in [0.4, 0.5) is 5.69 Å². The zero-order valence-electron chi connectivity index (χ0n) is 14.9. The van der Waals surface area contributed by atoms with E-state index < -0.39 is 0 Å². The number of rotatable bonds is 6. The number of thiocarbonyl (C=S) groups is 1.